The highest BCUT2D eigenvalue weighted by molar-refractivity contribution is 6.02. The summed E-state index contributed by atoms with van der Waals surface area (Å²) in [5.74, 6) is 0.530. The number of fused-ring (bicyclic) bond motifs is 1. The first-order valence-corrected chi connectivity index (χ1v) is 13.4. The van der Waals surface area contributed by atoms with E-state index >= 15 is 0 Å². The largest absolute Gasteiger partial charge is 0.497 e. The van der Waals surface area contributed by atoms with Crippen LogP contribution in [0.2, 0.25) is 0 Å². The Labute approximate surface area is 227 Å². The molecule has 1 fully saturated rings. The second-order valence-electron chi connectivity index (χ2n) is 9.57. The number of aromatic nitrogens is 3. The number of methoxy groups -OCH3 is 1. The maximum absolute atomic E-state index is 14.3. The lowest BCUT2D eigenvalue weighted by Crippen LogP contribution is -2.47. The number of ether oxygens (including phenoxy) is 2. The maximum Gasteiger partial charge on any atom is 0.249 e. The topological polar surface area (TPSA) is 98.6 Å². The van der Waals surface area contributed by atoms with Crippen molar-refractivity contribution >= 4 is 28.5 Å². The van der Waals surface area contributed by atoms with Crippen LogP contribution in [0.5, 0.6) is 11.5 Å². The van der Waals surface area contributed by atoms with E-state index in [1.807, 2.05) is 67.6 Å². The average Bonchev–Trinajstić information content (AvgIpc) is 3.62. The Kier molecular flexibility index (Phi) is 8.05. The van der Waals surface area contributed by atoms with Crippen molar-refractivity contribution in [3.63, 3.8) is 0 Å². The highest BCUT2D eigenvalue weighted by atomic mass is 16.5. The summed E-state index contributed by atoms with van der Waals surface area (Å²) in [5, 5.41) is 11.6. The number of para-hydroxylation sites is 3. The van der Waals surface area contributed by atoms with Gasteiger partial charge in [0, 0.05) is 6.04 Å². The van der Waals surface area contributed by atoms with Crippen LogP contribution in [0.1, 0.15) is 44.2 Å². The Morgan fingerprint density at radius 1 is 1.05 bits per heavy atom. The zero-order valence-electron chi connectivity index (χ0n) is 22.2. The average molecular weight is 528 g/mol. The van der Waals surface area contributed by atoms with Gasteiger partial charge in [-0.1, -0.05) is 54.5 Å². The summed E-state index contributed by atoms with van der Waals surface area (Å²) < 4.78 is 13.0. The summed E-state index contributed by atoms with van der Waals surface area (Å²) in [4.78, 5) is 29.9. The summed E-state index contributed by atoms with van der Waals surface area (Å²) in [6.07, 6.45) is 3.99. The number of hydrogen-bond donors (Lipinski definition) is 1. The van der Waals surface area contributed by atoms with E-state index in [2.05, 4.69) is 15.6 Å². The number of anilines is 1. The molecule has 1 aliphatic rings. The quantitative estimate of drug-likeness (QED) is 0.322. The molecule has 0 unspecified atom stereocenters. The molecule has 3 aromatic carbocycles. The number of benzene rings is 3. The van der Waals surface area contributed by atoms with Crippen LogP contribution >= 0.6 is 0 Å². The molecule has 1 atom stereocenters. The van der Waals surface area contributed by atoms with Gasteiger partial charge in [0.1, 0.15) is 29.6 Å². The summed E-state index contributed by atoms with van der Waals surface area (Å²) in [6.45, 7) is 2.18. The summed E-state index contributed by atoms with van der Waals surface area (Å²) >= 11 is 0. The molecule has 4 aromatic rings. The minimum absolute atomic E-state index is 0.0731. The molecule has 2 amide bonds. The van der Waals surface area contributed by atoms with Gasteiger partial charge in [-0.15, -0.1) is 5.10 Å². The molecule has 1 aromatic heterocycles. The van der Waals surface area contributed by atoms with Crippen molar-refractivity contribution in [2.24, 2.45) is 0 Å². The molecule has 0 saturated heterocycles. The normalized spacial score (nSPS) is 14.2. The van der Waals surface area contributed by atoms with Crippen molar-refractivity contribution in [1.29, 1.82) is 0 Å². The van der Waals surface area contributed by atoms with Crippen molar-refractivity contribution in [2.75, 3.05) is 18.6 Å². The van der Waals surface area contributed by atoms with Gasteiger partial charge in [0.15, 0.2) is 0 Å². The SMILES string of the molecule is CCOc1ccccc1N(C(=O)Cn1nnc2ccccc21)[C@H](C(=O)NC1CCCC1)c1cccc(OC)c1. The standard InChI is InChI=1S/C30H33N5O4/c1-3-39-27-18-9-8-17-26(27)35(28(36)20-34-25-16-7-6-15-24(25)32-33-34)29(21-11-10-14-23(19-21)38-2)30(37)31-22-12-4-5-13-22/h6-11,14-19,22,29H,3-5,12-13,20H2,1-2H3,(H,31,37)/t29-/m0/s1. The number of rotatable bonds is 10. The molecule has 9 heteroatoms. The van der Waals surface area contributed by atoms with E-state index in [1.54, 1.807) is 23.9 Å². The lowest BCUT2D eigenvalue weighted by atomic mass is 10.0. The van der Waals surface area contributed by atoms with Crippen molar-refractivity contribution in [2.45, 2.75) is 51.2 Å². The third-order valence-electron chi connectivity index (χ3n) is 7.02. The van der Waals surface area contributed by atoms with Crippen molar-refractivity contribution in [3.05, 3.63) is 78.4 Å². The first-order chi connectivity index (χ1) is 19.1. The number of carbonyl (C=O) groups is 2. The minimum atomic E-state index is -0.968. The molecule has 202 valence electrons. The third kappa shape index (κ3) is 5.72. The second kappa shape index (κ2) is 12.0. The monoisotopic (exact) mass is 527 g/mol. The van der Waals surface area contributed by atoms with Gasteiger partial charge in [0.25, 0.3) is 0 Å². The number of carbonyl (C=O) groups excluding carboxylic acids is 2. The zero-order chi connectivity index (χ0) is 27.2. The van der Waals surface area contributed by atoms with Crippen molar-refractivity contribution in [3.8, 4) is 11.5 Å². The van der Waals surface area contributed by atoms with E-state index < -0.39 is 6.04 Å². The lowest BCUT2D eigenvalue weighted by molar-refractivity contribution is -0.127. The molecule has 9 nitrogen and oxygen atoms in total. The van der Waals surface area contributed by atoms with Gasteiger partial charge in [-0.25, -0.2) is 4.68 Å². The molecule has 5 rings (SSSR count). The lowest BCUT2D eigenvalue weighted by Gasteiger charge is -2.33. The summed E-state index contributed by atoms with van der Waals surface area (Å²) in [5.41, 5.74) is 2.56. The maximum atomic E-state index is 14.3. The predicted octanol–water partition coefficient (Wildman–Crippen LogP) is 4.67. The van der Waals surface area contributed by atoms with Crippen molar-refractivity contribution < 1.29 is 19.1 Å². The molecule has 1 N–H and O–H groups in total. The van der Waals surface area contributed by atoms with Crippen LogP contribution in [0.15, 0.2) is 72.8 Å². The van der Waals surface area contributed by atoms with Crippen LogP contribution in [0.4, 0.5) is 5.69 Å². The van der Waals surface area contributed by atoms with E-state index in [1.165, 1.54) is 4.90 Å². The van der Waals surface area contributed by atoms with Crippen LogP contribution in [-0.4, -0.2) is 46.6 Å². The number of amides is 2. The van der Waals surface area contributed by atoms with Crippen molar-refractivity contribution in [1.82, 2.24) is 20.3 Å². The fourth-order valence-corrected chi connectivity index (χ4v) is 5.17. The molecule has 1 saturated carbocycles. The Balaban J connectivity index is 1.62. The van der Waals surface area contributed by atoms with Gasteiger partial charge in [0.05, 0.1) is 24.9 Å². The Morgan fingerprint density at radius 3 is 2.62 bits per heavy atom. The molecule has 0 aliphatic heterocycles. The molecule has 0 bridgehead atoms. The Hall–Kier alpha value is -4.40. The van der Waals surface area contributed by atoms with E-state index in [4.69, 9.17) is 9.47 Å². The number of nitrogens with zero attached hydrogens (tertiary/aromatic N) is 4. The number of hydrogen-bond acceptors (Lipinski definition) is 6. The molecule has 1 heterocycles. The second-order valence-corrected chi connectivity index (χ2v) is 9.57. The van der Waals surface area contributed by atoms with Gasteiger partial charge in [-0.05, 0) is 61.7 Å². The summed E-state index contributed by atoms with van der Waals surface area (Å²) in [6, 6.07) is 21.2. The molecular weight excluding hydrogens is 494 g/mol. The third-order valence-corrected chi connectivity index (χ3v) is 7.02. The fraction of sp³-hybridized carbons (Fsp3) is 0.333. The smallest absolute Gasteiger partial charge is 0.249 e. The van der Waals surface area contributed by atoms with Crippen LogP contribution in [0, 0.1) is 0 Å². The molecule has 0 spiro atoms. The predicted molar refractivity (Wildman–Crippen MR) is 149 cm³/mol. The first kappa shape index (κ1) is 26.2. The number of nitrogens with one attached hydrogen (secondary N) is 1. The van der Waals surface area contributed by atoms with Crippen LogP contribution < -0.4 is 19.7 Å². The molecular formula is C30H33N5O4. The highest BCUT2D eigenvalue weighted by Crippen LogP contribution is 2.36. The van der Waals surface area contributed by atoms with Gasteiger partial charge in [-0.3, -0.25) is 14.5 Å². The van der Waals surface area contributed by atoms with E-state index in [0.717, 1.165) is 31.2 Å². The zero-order valence-corrected chi connectivity index (χ0v) is 22.2. The molecule has 39 heavy (non-hydrogen) atoms. The summed E-state index contributed by atoms with van der Waals surface area (Å²) in [7, 11) is 1.58. The van der Waals surface area contributed by atoms with Gasteiger partial charge in [-0.2, -0.15) is 0 Å². The van der Waals surface area contributed by atoms with Gasteiger partial charge in [0.2, 0.25) is 11.8 Å². The van der Waals surface area contributed by atoms with E-state index in [0.29, 0.717) is 34.9 Å². The van der Waals surface area contributed by atoms with Gasteiger partial charge >= 0.3 is 0 Å². The Bertz CT molecular complexity index is 1450. The first-order valence-electron chi connectivity index (χ1n) is 13.4. The van der Waals surface area contributed by atoms with E-state index in [9.17, 15) is 9.59 Å². The molecule has 0 radical (unpaired) electrons. The van der Waals surface area contributed by atoms with E-state index in [-0.39, 0.29) is 24.4 Å². The minimum Gasteiger partial charge on any atom is -0.497 e. The Morgan fingerprint density at radius 2 is 1.82 bits per heavy atom. The highest BCUT2D eigenvalue weighted by Gasteiger charge is 2.36. The van der Waals surface area contributed by atoms with Gasteiger partial charge < -0.3 is 14.8 Å². The van der Waals surface area contributed by atoms with Crippen LogP contribution in [-0.2, 0) is 16.1 Å². The van der Waals surface area contributed by atoms with Crippen LogP contribution in [0.3, 0.4) is 0 Å². The molecule has 1 aliphatic carbocycles. The fourth-order valence-electron chi connectivity index (χ4n) is 5.17. The van der Waals surface area contributed by atoms with Crippen LogP contribution in [0.25, 0.3) is 11.0 Å².